The summed E-state index contributed by atoms with van der Waals surface area (Å²) in [7, 11) is 0. The predicted molar refractivity (Wildman–Crippen MR) is 137 cm³/mol. The highest BCUT2D eigenvalue weighted by atomic mass is 35.5. The maximum absolute atomic E-state index is 13.6. The van der Waals surface area contributed by atoms with E-state index >= 15 is 0 Å². The van der Waals surface area contributed by atoms with Crippen molar-refractivity contribution in [2.45, 2.75) is 6.92 Å². The highest BCUT2D eigenvalue weighted by Gasteiger charge is 2.26. The number of thiophene rings is 2. The Labute approximate surface area is 204 Å². The third kappa shape index (κ3) is 4.13. The molecule has 3 aromatic heterocycles. The Morgan fingerprint density at radius 3 is 2.70 bits per heavy atom. The first-order chi connectivity index (χ1) is 15.9. The fraction of sp³-hybridized carbons (Fsp3) is 0.0455. The fourth-order valence-electron chi connectivity index (χ4n) is 3.17. The Hall–Kier alpha value is -3.18. The molecule has 2 aromatic carbocycles. The Bertz CT molecular complexity index is 1570. The lowest BCUT2D eigenvalue weighted by Gasteiger charge is -2.12. The number of carbonyl (C=O) groups excluding carboxylic acids is 1. The third-order valence-electron chi connectivity index (χ3n) is 4.73. The number of rotatable bonds is 5. The number of amides is 1. The van der Waals surface area contributed by atoms with Crippen molar-refractivity contribution in [3.8, 4) is 0 Å². The van der Waals surface area contributed by atoms with E-state index in [1.165, 1.54) is 40.0 Å². The molecule has 1 amide bonds. The number of carbonyl (C=O) groups is 1. The van der Waals surface area contributed by atoms with Crippen LogP contribution in [-0.4, -0.2) is 22.0 Å². The van der Waals surface area contributed by atoms with Crippen LogP contribution in [0.15, 0.2) is 59.7 Å². The Balaban J connectivity index is 1.60. The molecule has 0 saturated heterocycles. The molecule has 0 atom stereocenters. The smallest absolute Gasteiger partial charge is 0.266 e. The lowest BCUT2D eigenvalue weighted by molar-refractivity contribution is -0.380. The van der Waals surface area contributed by atoms with Crippen molar-refractivity contribution in [1.29, 1.82) is 0 Å². The van der Waals surface area contributed by atoms with Crippen LogP contribution in [0.2, 0.25) is 5.02 Å². The number of aryl methyl sites for hydroxylation is 1. The highest BCUT2D eigenvalue weighted by Crippen LogP contribution is 2.38. The average Bonchev–Trinajstić information content (AvgIpc) is 3.51. The van der Waals surface area contributed by atoms with Crippen LogP contribution in [0.5, 0.6) is 0 Å². The molecule has 0 aliphatic rings. The van der Waals surface area contributed by atoms with Gasteiger partial charge in [0.05, 0.1) is 31.3 Å². The summed E-state index contributed by atoms with van der Waals surface area (Å²) < 4.78 is 1.82. The molecule has 7 nitrogen and oxygen atoms in total. The summed E-state index contributed by atoms with van der Waals surface area (Å²) >= 11 is 10.2. The second-order valence-corrected chi connectivity index (χ2v) is 10.5. The van der Waals surface area contributed by atoms with Gasteiger partial charge in [-0.25, -0.2) is 4.98 Å². The van der Waals surface area contributed by atoms with Crippen LogP contribution in [0.25, 0.3) is 20.3 Å². The van der Waals surface area contributed by atoms with Crippen LogP contribution in [0.1, 0.15) is 20.1 Å². The number of hydrogen-bond acceptors (Lipinski definition) is 8. The molecule has 5 aromatic rings. The maximum atomic E-state index is 13.6. The molecule has 0 N–H and O–H groups in total. The average molecular weight is 513 g/mol. The Morgan fingerprint density at radius 2 is 1.94 bits per heavy atom. The second kappa shape index (κ2) is 8.64. The van der Waals surface area contributed by atoms with Crippen molar-refractivity contribution in [2.75, 3.05) is 5.01 Å². The van der Waals surface area contributed by atoms with Crippen molar-refractivity contribution in [3.63, 3.8) is 0 Å². The molecule has 3 heterocycles. The topological polar surface area (TPSA) is 88.7 Å². The molecule has 0 aliphatic heterocycles. The largest absolute Gasteiger partial charge is 0.324 e. The minimum Gasteiger partial charge on any atom is -0.266 e. The van der Waals surface area contributed by atoms with Gasteiger partial charge in [0, 0.05) is 16.2 Å². The van der Waals surface area contributed by atoms with Gasteiger partial charge in [0.25, 0.3) is 5.91 Å². The van der Waals surface area contributed by atoms with E-state index in [0.29, 0.717) is 19.9 Å². The zero-order valence-electron chi connectivity index (χ0n) is 16.9. The van der Waals surface area contributed by atoms with Gasteiger partial charge >= 0.3 is 5.00 Å². The normalized spacial score (nSPS) is 11.6. The Morgan fingerprint density at radius 1 is 1.12 bits per heavy atom. The zero-order chi connectivity index (χ0) is 23.1. The maximum Gasteiger partial charge on any atom is 0.324 e. The summed E-state index contributed by atoms with van der Waals surface area (Å²) in [5, 5.41) is 18.1. The van der Waals surface area contributed by atoms with Gasteiger partial charge in [0.15, 0.2) is 0 Å². The number of anilines is 1. The van der Waals surface area contributed by atoms with Crippen LogP contribution in [0.3, 0.4) is 0 Å². The number of nitro groups is 1. The number of hydrazone groups is 1. The van der Waals surface area contributed by atoms with Crippen molar-refractivity contribution >= 4 is 88.2 Å². The van der Waals surface area contributed by atoms with E-state index in [0.717, 1.165) is 37.2 Å². The van der Waals surface area contributed by atoms with Crippen LogP contribution in [0, 0.1) is 17.0 Å². The van der Waals surface area contributed by atoms with Crippen LogP contribution in [-0.2, 0) is 0 Å². The number of hydrogen-bond donors (Lipinski definition) is 0. The van der Waals surface area contributed by atoms with E-state index in [1.807, 2.05) is 49.4 Å². The standard InChI is InChI=1S/C22H13ClN4O3S3/c1-12-6-8-15-17(10-12)33-22(25-15)26(24-11-13-7-9-18(31-13)27(29)30)21(28)20-19(23)14-4-2-3-5-16(14)32-20/h2-11H,1H3/b24-11+. The Kier molecular flexibility index (Phi) is 5.67. The van der Waals surface area contributed by atoms with Gasteiger partial charge in [-0.3, -0.25) is 14.9 Å². The number of thiazole rings is 1. The lowest BCUT2D eigenvalue weighted by Crippen LogP contribution is -2.25. The summed E-state index contributed by atoms with van der Waals surface area (Å²) in [5.74, 6) is -0.417. The molecule has 33 heavy (non-hydrogen) atoms. The predicted octanol–water partition coefficient (Wildman–Crippen LogP) is 7.12. The lowest BCUT2D eigenvalue weighted by atomic mass is 10.2. The summed E-state index contributed by atoms with van der Waals surface area (Å²) in [4.78, 5) is 29.6. The van der Waals surface area contributed by atoms with Gasteiger partial charge in [0.2, 0.25) is 5.13 Å². The van der Waals surface area contributed by atoms with Crippen molar-refractivity contribution in [1.82, 2.24) is 4.98 Å². The molecular weight excluding hydrogens is 500 g/mol. The first-order valence-corrected chi connectivity index (χ1v) is 12.4. The van der Waals surface area contributed by atoms with Gasteiger partial charge in [-0.15, -0.1) is 11.3 Å². The van der Waals surface area contributed by atoms with Gasteiger partial charge < -0.3 is 0 Å². The van der Waals surface area contributed by atoms with E-state index in [2.05, 4.69) is 10.1 Å². The van der Waals surface area contributed by atoms with Crippen LogP contribution in [0.4, 0.5) is 10.1 Å². The van der Waals surface area contributed by atoms with E-state index in [-0.39, 0.29) is 5.00 Å². The molecule has 5 rings (SSSR count). The molecular formula is C22H13ClN4O3S3. The molecule has 0 aliphatic carbocycles. The van der Waals surface area contributed by atoms with E-state index < -0.39 is 10.8 Å². The summed E-state index contributed by atoms with van der Waals surface area (Å²) in [6.45, 7) is 1.99. The summed E-state index contributed by atoms with van der Waals surface area (Å²) in [6, 6.07) is 16.4. The van der Waals surface area contributed by atoms with Crippen LogP contribution < -0.4 is 5.01 Å². The monoisotopic (exact) mass is 512 g/mol. The van der Waals surface area contributed by atoms with Crippen molar-refractivity contribution < 1.29 is 9.72 Å². The fourth-order valence-corrected chi connectivity index (χ4v) is 6.32. The van der Waals surface area contributed by atoms with Gasteiger partial charge in [-0.2, -0.15) is 10.1 Å². The molecule has 164 valence electrons. The summed E-state index contributed by atoms with van der Waals surface area (Å²) in [6.07, 6.45) is 1.42. The molecule has 11 heteroatoms. The second-order valence-electron chi connectivity index (χ2n) is 7.00. The highest BCUT2D eigenvalue weighted by molar-refractivity contribution is 7.23. The van der Waals surface area contributed by atoms with Crippen molar-refractivity contribution in [3.05, 3.63) is 85.1 Å². The van der Waals surface area contributed by atoms with Crippen molar-refractivity contribution in [2.24, 2.45) is 5.10 Å². The van der Waals surface area contributed by atoms with Gasteiger partial charge in [0.1, 0.15) is 4.88 Å². The number of nitrogens with zero attached hydrogens (tertiary/aromatic N) is 4. The van der Waals surface area contributed by atoms with E-state index in [1.54, 1.807) is 6.07 Å². The summed E-state index contributed by atoms with van der Waals surface area (Å²) in [5.41, 5.74) is 1.83. The van der Waals surface area contributed by atoms with Gasteiger partial charge in [-0.05, 0) is 36.8 Å². The number of benzene rings is 2. The van der Waals surface area contributed by atoms with E-state index in [9.17, 15) is 14.9 Å². The van der Waals surface area contributed by atoms with Gasteiger partial charge in [-0.1, -0.05) is 58.5 Å². The SMILES string of the molecule is Cc1ccc2nc(N(/N=C/c3ccc([N+](=O)[O-])s3)C(=O)c3sc4ccccc4c3Cl)sc2c1. The zero-order valence-corrected chi connectivity index (χ0v) is 20.1. The minimum absolute atomic E-state index is 0.00246. The number of aromatic nitrogens is 1. The third-order valence-corrected chi connectivity index (χ3v) is 8.36. The first kappa shape index (κ1) is 21.7. The number of fused-ring (bicyclic) bond motifs is 2. The van der Waals surface area contributed by atoms with E-state index in [4.69, 9.17) is 11.6 Å². The molecule has 0 bridgehead atoms. The number of halogens is 1. The quantitative estimate of drug-likeness (QED) is 0.142. The first-order valence-electron chi connectivity index (χ1n) is 9.57. The molecule has 0 spiro atoms. The molecule has 0 radical (unpaired) electrons. The molecule has 0 unspecified atom stereocenters. The van der Waals surface area contributed by atoms with Crippen LogP contribution >= 0.6 is 45.6 Å². The molecule has 0 saturated carbocycles. The molecule has 0 fully saturated rings. The minimum atomic E-state index is -0.461.